The van der Waals surface area contributed by atoms with Crippen molar-refractivity contribution in [1.82, 2.24) is 0 Å². The molecule has 0 N–H and O–H groups in total. The molecule has 1 aromatic rings. The Bertz CT molecular complexity index is 818. The van der Waals surface area contributed by atoms with Gasteiger partial charge in [0, 0.05) is 5.02 Å². The molecule has 0 atom stereocenters. The molecule has 0 saturated heterocycles. The molecule has 0 fully saturated rings. The number of rotatable bonds is 4. The summed E-state index contributed by atoms with van der Waals surface area (Å²) in [4.78, 5) is 11.7. The molecule has 0 radical (unpaired) electrons. The summed E-state index contributed by atoms with van der Waals surface area (Å²) in [6.07, 6.45) is 2.98. The normalized spacial score (nSPS) is 17.3. The van der Waals surface area contributed by atoms with Crippen molar-refractivity contribution >= 4 is 33.2 Å². The van der Waals surface area contributed by atoms with Gasteiger partial charge in [0.05, 0.1) is 0 Å². The van der Waals surface area contributed by atoms with E-state index in [1.165, 1.54) is 36.4 Å². The van der Waals surface area contributed by atoms with E-state index in [0.29, 0.717) is 21.9 Å². The minimum absolute atomic E-state index is 0.00360. The summed E-state index contributed by atoms with van der Waals surface area (Å²) in [7, 11) is -4.04. The number of allylic oxidation sites excluding steroid dienone is 4. The zero-order chi connectivity index (χ0) is 17.2. The molecular formula is C16H16ClNO4S. The third-order valence-corrected chi connectivity index (χ3v) is 4.65. The Morgan fingerprint density at radius 1 is 1.13 bits per heavy atom. The van der Waals surface area contributed by atoms with Crippen LogP contribution in [0.2, 0.25) is 5.02 Å². The van der Waals surface area contributed by atoms with Crippen LogP contribution in [0.4, 0.5) is 0 Å². The number of carbonyl (C=O) groups excluding carboxylic acids is 1. The minimum atomic E-state index is -4.04. The van der Waals surface area contributed by atoms with E-state index < -0.39 is 10.1 Å². The van der Waals surface area contributed by atoms with Gasteiger partial charge < -0.3 is 0 Å². The number of halogens is 1. The predicted octanol–water partition coefficient (Wildman–Crippen LogP) is 3.51. The maximum atomic E-state index is 12.1. The highest BCUT2D eigenvalue weighted by Crippen LogP contribution is 2.21. The molecule has 0 amide bonds. The quantitative estimate of drug-likeness (QED) is 0.613. The van der Waals surface area contributed by atoms with E-state index in [2.05, 4.69) is 5.16 Å². The number of oxime groups is 1. The smallest absolute Gasteiger partial charge is 0.290 e. The fraction of sp³-hybridized carbons (Fsp3) is 0.250. The van der Waals surface area contributed by atoms with Crippen molar-refractivity contribution in [1.29, 1.82) is 0 Å². The molecule has 0 saturated carbocycles. The summed E-state index contributed by atoms with van der Waals surface area (Å²) in [5, 5.41) is 4.16. The molecule has 1 aliphatic rings. The van der Waals surface area contributed by atoms with Crippen molar-refractivity contribution < 1.29 is 17.5 Å². The Morgan fingerprint density at radius 2 is 1.74 bits per heavy atom. The van der Waals surface area contributed by atoms with Crippen molar-refractivity contribution in [2.75, 3.05) is 0 Å². The van der Waals surface area contributed by atoms with Crippen molar-refractivity contribution in [3.63, 3.8) is 0 Å². The molecule has 0 bridgehead atoms. The fourth-order valence-electron chi connectivity index (χ4n) is 1.96. The number of ketones is 1. The molecule has 0 heterocycles. The van der Waals surface area contributed by atoms with Crippen LogP contribution in [0.15, 0.2) is 57.6 Å². The molecule has 0 spiro atoms. The Morgan fingerprint density at radius 3 is 2.30 bits per heavy atom. The molecule has 0 unspecified atom stereocenters. The number of nitrogens with zero attached hydrogens (tertiary/aromatic N) is 1. The number of carbonyl (C=O) groups is 1. The lowest BCUT2D eigenvalue weighted by atomic mass is 9.90. The standard InChI is InChI=1S/C16H16ClNO4S/c1-10(2)14-9-16(19)11(3)8-15(14)18-22-23(20,21)13-6-4-12(17)5-7-13/h4-10H,1-3H3/b18-15-. The van der Waals surface area contributed by atoms with E-state index in [4.69, 9.17) is 15.9 Å². The number of hydrogen-bond donors (Lipinski definition) is 0. The van der Waals surface area contributed by atoms with Crippen molar-refractivity contribution in [2.24, 2.45) is 11.1 Å². The molecule has 7 heteroatoms. The van der Waals surface area contributed by atoms with Gasteiger partial charge in [-0.2, -0.15) is 8.42 Å². The summed E-state index contributed by atoms with van der Waals surface area (Å²) in [6.45, 7) is 5.41. The van der Waals surface area contributed by atoms with E-state index in [-0.39, 0.29) is 16.6 Å². The first-order valence-corrected chi connectivity index (χ1v) is 8.71. The summed E-state index contributed by atoms with van der Waals surface area (Å²) in [5.41, 5.74) is 1.43. The van der Waals surface area contributed by atoms with Crippen LogP contribution in [0.25, 0.3) is 0 Å². The average Bonchev–Trinajstić information content (AvgIpc) is 2.48. The number of hydrogen-bond acceptors (Lipinski definition) is 5. The molecule has 1 aliphatic carbocycles. The van der Waals surface area contributed by atoms with Crippen molar-refractivity contribution in [3.05, 3.63) is 52.6 Å². The Kier molecular flexibility index (Phi) is 5.06. The highest BCUT2D eigenvalue weighted by atomic mass is 35.5. The molecule has 23 heavy (non-hydrogen) atoms. The third kappa shape index (κ3) is 4.09. The van der Waals surface area contributed by atoms with Crippen LogP contribution >= 0.6 is 11.6 Å². The zero-order valence-electron chi connectivity index (χ0n) is 12.9. The van der Waals surface area contributed by atoms with Crippen LogP contribution < -0.4 is 0 Å². The lowest BCUT2D eigenvalue weighted by Gasteiger charge is -2.15. The van der Waals surface area contributed by atoms with Crippen LogP contribution in [0.5, 0.6) is 0 Å². The van der Waals surface area contributed by atoms with Crippen LogP contribution in [0.1, 0.15) is 20.8 Å². The van der Waals surface area contributed by atoms with Gasteiger partial charge in [-0.15, -0.1) is 0 Å². The average molecular weight is 354 g/mol. The van der Waals surface area contributed by atoms with Gasteiger partial charge in [0.15, 0.2) is 5.78 Å². The van der Waals surface area contributed by atoms with E-state index in [9.17, 15) is 13.2 Å². The van der Waals surface area contributed by atoms with Crippen molar-refractivity contribution in [3.8, 4) is 0 Å². The monoisotopic (exact) mass is 353 g/mol. The summed E-state index contributed by atoms with van der Waals surface area (Å²) in [5.74, 6) is -0.114. The maximum Gasteiger partial charge on any atom is 0.358 e. The molecule has 5 nitrogen and oxygen atoms in total. The Labute approximate surface area is 140 Å². The van der Waals surface area contributed by atoms with E-state index >= 15 is 0 Å². The fourth-order valence-corrected chi connectivity index (χ4v) is 2.82. The highest BCUT2D eigenvalue weighted by molar-refractivity contribution is 7.86. The van der Waals surface area contributed by atoms with Gasteiger partial charge in [-0.05, 0) is 60.4 Å². The van der Waals surface area contributed by atoms with Gasteiger partial charge >= 0.3 is 10.1 Å². The van der Waals surface area contributed by atoms with E-state index in [1.807, 2.05) is 13.8 Å². The molecule has 0 aliphatic heterocycles. The Hall–Kier alpha value is -1.92. The van der Waals surface area contributed by atoms with Crippen LogP contribution in [0, 0.1) is 5.92 Å². The summed E-state index contributed by atoms with van der Waals surface area (Å²) < 4.78 is 29.0. The lowest BCUT2D eigenvalue weighted by molar-refractivity contribution is -0.111. The van der Waals surface area contributed by atoms with Gasteiger partial charge in [0.25, 0.3) is 0 Å². The first-order valence-electron chi connectivity index (χ1n) is 6.92. The maximum absolute atomic E-state index is 12.1. The second-order valence-electron chi connectivity index (χ2n) is 5.41. The van der Waals surface area contributed by atoms with E-state index in [0.717, 1.165) is 0 Å². The van der Waals surface area contributed by atoms with Crippen LogP contribution in [-0.4, -0.2) is 19.9 Å². The molecule has 122 valence electrons. The molecule has 2 rings (SSSR count). The van der Waals surface area contributed by atoms with Crippen LogP contribution in [-0.2, 0) is 19.2 Å². The van der Waals surface area contributed by atoms with Crippen molar-refractivity contribution in [2.45, 2.75) is 25.7 Å². The Balaban J connectivity index is 2.32. The first kappa shape index (κ1) is 17.4. The minimum Gasteiger partial charge on any atom is -0.290 e. The summed E-state index contributed by atoms with van der Waals surface area (Å²) >= 11 is 5.73. The lowest BCUT2D eigenvalue weighted by Crippen LogP contribution is -2.16. The second-order valence-corrected chi connectivity index (χ2v) is 7.37. The largest absolute Gasteiger partial charge is 0.358 e. The van der Waals surface area contributed by atoms with Gasteiger partial charge in [-0.1, -0.05) is 30.6 Å². The first-order chi connectivity index (χ1) is 10.7. The van der Waals surface area contributed by atoms with Gasteiger partial charge in [-0.3, -0.25) is 9.08 Å². The molecular weight excluding hydrogens is 338 g/mol. The SMILES string of the molecule is CC1=C/C(=N/OS(=O)(=O)c2ccc(Cl)cc2)C(C(C)C)=CC1=O. The number of benzene rings is 1. The van der Waals surface area contributed by atoms with Crippen LogP contribution in [0.3, 0.4) is 0 Å². The molecule has 1 aromatic carbocycles. The third-order valence-electron chi connectivity index (χ3n) is 3.28. The predicted molar refractivity (Wildman–Crippen MR) is 88.8 cm³/mol. The van der Waals surface area contributed by atoms with Gasteiger partial charge in [0.2, 0.25) is 0 Å². The zero-order valence-corrected chi connectivity index (χ0v) is 14.5. The van der Waals surface area contributed by atoms with E-state index in [1.54, 1.807) is 6.92 Å². The summed E-state index contributed by atoms with van der Waals surface area (Å²) in [6, 6.07) is 5.58. The second kappa shape index (κ2) is 6.68. The topological polar surface area (TPSA) is 72.8 Å². The molecule has 0 aromatic heterocycles. The van der Waals surface area contributed by atoms with Gasteiger partial charge in [0.1, 0.15) is 10.6 Å². The highest BCUT2D eigenvalue weighted by Gasteiger charge is 2.21. The van der Waals surface area contributed by atoms with Gasteiger partial charge in [-0.25, -0.2) is 0 Å².